The molecule has 0 unspecified atom stereocenters. The molecule has 3 aromatic rings. The number of nitrogens with one attached hydrogen (secondary N) is 1. The second-order valence-electron chi connectivity index (χ2n) is 5.50. The van der Waals surface area contributed by atoms with E-state index in [1.165, 1.54) is 22.9 Å². The summed E-state index contributed by atoms with van der Waals surface area (Å²) in [5, 5.41) is 14.8. The van der Waals surface area contributed by atoms with Gasteiger partial charge in [-0.2, -0.15) is 5.26 Å². The summed E-state index contributed by atoms with van der Waals surface area (Å²) in [5.41, 5.74) is 5.68. The molecule has 3 rings (SSSR count). The van der Waals surface area contributed by atoms with Gasteiger partial charge in [0.15, 0.2) is 0 Å². The van der Waals surface area contributed by atoms with Crippen LogP contribution in [0.2, 0.25) is 0 Å². The highest BCUT2D eigenvalue weighted by molar-refractivity contribution is 7.98. The maximum absolute atomic E-state index is 9.63. The minimum Gasteiger partial charge on any atom is -0.354 e. The van der Waals surface area contributed by atoms with E-state index in [1.54, 1.807) is 0 Å². The molecule has 0 aliphatic heterocycles. The van der Waals surface area contributed by atoms with Gasteiger partial charge in [0, 0.05) is 11.1 Å². The molecule has 1 N–H and O–H groups in total. The molecule has 1 aromatic heterocycles. The van der Waals surface area contributed by atoms with Gasteiger partial charge in [-0.25, -0.2) is 4.98 Å². The van der Waals surface area contributed by atoms with Crippen LogP contribution in [-0.2, 0) is 0 Å². The van der Waals surface area contributed by atoms with Crippen LogP contribution in [0, 0.1) is 25.2 Å². The van der Waals surface area contributed by atoms with Gasteiger partial charge in [0.05, 0.1) is 11.2 Å². The van der Waals surface area contributed by atoms with Gasteiger partial charge in [0.1, 0.15) is 16.7 Å². The fourth-order valence-electron chi connectivity index (χ4n) is 2.76. The predicted molar refractivity (Wildman–Crippen MR) is 97.4 cm³/mol. The lowest BCUT2D eigenvalue weighted by atomic mass is 10.1. The van der Waals surface area contributed by atoms with Crippen LogP contribution >= 0.6 is 11.8 Å². The third kappa shape index (κ3) is 3.01. The number of pyridine rings is 1. The molecule has 114 valence electrons. The third-order valence-corrected chi connectivity index (χ3v) is 4.34. The Bertz CT molecular complexity index is 906. The number of rotatable bonds is 3. The van der Waals surface area contributed by atoms with Crippen molar-refractivity contribution in [3.8, 4) is 6.07 Å². The Kier molecular flexibility index (Phi) is 4.22. The molecule has 0 bridgehead atoms. The van der Waals surface area contributed by atoms with E-state index in [1.807, 2.05) is 30.5 Å². The molecule has 0 saturated carbocycles. The van der Waals surface area contributed by atoms with Gasteiger partial charge in [0.2, 0.25) is 0 Å². The lowest BCUT2D eigenvalue weighted by Crippen LogP contribution is -2.00. The lowest BCUT2D eigenvalue weighted by Gasteiger charge is -2.15. The average molecular weight is 319 g/mol. The standard InChI is InChI=1S/C19H17N3S/c1-12-8-13(2)10-14(9-12)21-18-15-6-4-5-7-17(15)22-19(23-3)16(18)11-20/h4-10H,1-3H3,(H,21,22). The summed E-state index contributed by atoms with van der Waals surface area (Å²) < 4.78 is 0. The maximum atomic E-state index is 9.63. The quantitative estimate of drug-likeness (QED) is 0.675. The van der Waals surface area contributed by atoms with Crippen molar-refractivity contribution in [2.24, 2.45) is 0 Å². The van der Waals surface area contributed by atoms with Crippen molar-refractivity contribution >= 4 is 34.0 Å². The molecule has 0 saturated heterocycles. The van der Waals surface area contributed by atoms with E-state index in [4.69, 9.17) is 0 Å². The number of aryl methyl sites for hydroxylation is 2. The molecule has 0 aliphatic carbocycles. The number of aromatic nitrogens is 1. The van der Waals surface area contributed by atoms with E-state index in [0.717, 1.165) is 27.3 Å². The molecule has 0 atom stereocenters. The van der Waals surface area contributed by atoms with Crippen LogP contribution < -0.4 is 5.32 Å². The van der Waals surface area contributed by atoms with Crippen molar-refractivity contribution in [2.45, 2.75) is 18.9 Å². The van der Waals surface area contributed by atoms with Crippen molar-refractivity contribution in [3.05, 3.63) is 59.2 Å². The van der Waals surface area contributed by atoms with Crippen LogP contribution in [0.5, 0.6) is 0 Å². The van der Waals surface area contributed by atoms with Gasteiger partial charge < -0.3 is 5.32 Å². The first kappa shape index (κ1) is 15.4. The van der Waals surface area contributed by atoms with Crippen LogP contribution in [0.1, 0.15) is 16.7 Å². The summed E-state index contributed by atoms with van der Waals surface area (Å²) in [6, 6.07) is 16.5. The van der Waals surface area contributed by atoms with E-state index >= 15 is 0 Å². The number of benzene rings is 2. The smallest absolute Gasteiger partial charge is 0.116 e. The van der Waals surface area contributed by atoms with Gasteiger partial charge in [0.25, 0.3) is 0 Å². The molecule has 0 spiro atoms. The Morgan fingerprint density at radius 1 is 1.09 bits per heavy atom. The molecule has 0 amide bonds. The van der Waals surface area contributed by atoms with E-state index in [-0.39, 0.29) is 0 Å². The summed E-state index contributed by atoms with van der Waals surface area (Å²) in [6.45, 7) is 4.14. The van der Waals surface area contributed by atoms with Gasteiger partial charge in [-0.05, 0) is 49.4 Å². The van der Waals surface area contributed by atoms with Crippen molar-refractivity contribution in [3.63, 3.8) is 0 Å². The van der Waals surface area contributed by atoms with Crippen LogP contribution in [-0.4, -0.2) is 11.2 Å². The number of fused-ring (bicyclic) bond motifs is 1. The summed E-state index contributed by atoms with van der Waals surface area (Å²) in [5.74, 6) is 0. The second kappa shape index (κ2) is 6.31. The van der Waals surface area contributed by atoms with Crippen LogP contribution in [0.15, 0.2) is 47.5 Å². The molecular formula is C19H17N3S. The zero-order valence-electron chi connectivity index (χ0n) is 13.3. The monoisotopic (exact) mass is 319 g/mol. The fraction of sp³-hybridized carbons (Fsp3) is 0.158. The maximum Gasteiger partial charge on any atom is 0.116 e. The van der Waals surface area contributed by atoms with Gasteiger partial charge in [-0.15, -0.1) is 11.8 Å². The molecule has 1 heterocycles. The molecule has 23 heavy (non-hydrogen) atoms. The highest BCUT2D eigenvalue weighted by Gasteiger charge is 2.14. The largest absolute Gasteiger partial charge is 0.354 e. The third-order valence-electron chi connectivity index (χ3n) is 3.66. The summed E-state index contributed by atoms with van der Waals surface area (Å²) in [6.07, 6.45) is 1.94. The van der Waals surface area contributed by atoms with Crippen molar-refractivity contribution in [2.75, 3.05) is 11.6 Å². The average Bonchev–Trinajstić information content (AvgIpc) is 2.53. The number of nitriles is 1. The topological polar surface area (TPSA) is 48.7 Å². The van der Waals surface area contributed by atoms with E-state index < -0.39 is 0 Å². The normalized spacial score (nSPS) is 10.5. The Hall–Kier alpha value is -2.51. The van der Waals surface area contributed by atoms with Crippen molar-refractivity contribution < 1.29 is 0 Å². The minimum absolute atomic E-state index is 0.593. The number of thioether (sulfide) groups is 1. The molecule has 4 heteroatoms. The van der Waals surface area contributed by atoms with Crippen LogP contribution in [0.4, 0.5) is 11.4 Å². The molecule has 2 aromatic carbocycles. The zero-order chi connectivity index (χ0) is 16.4. The predicted octanol–water partition coefficient (Wildman–Crippen LogP) is 5.19. The van der Waals surface area contributed by atoms with Crippen LogP contribution in [0.25, 0.3) is 10.9 Å². The van der Waals surface area contributed by atoms with E-state index in [0.29, 0.717) is 5.56 Å². The molecule has 0 radical (unpaired) electrons. The number of nitrogens with zero attached hydrogens (tertiary/aromatic N) is 2. The summed E-state index contributed by atoms with van der Waals surface area (Å²) >= 11 is 1.49. The van der Waals surface area contributed by atoms with Crippen molar-refractivity contribution in [1.29, 1.82) is 5.26 Å². The van der Waals surface area contributed by atoms with E-state index in [9.17, 15) is 5.26 Å². The zero-order valence-corrected chi connectivity index (χ0v) is 14.2. The van der Waals surface area contributed by atoms with Gasteiger partial charge in [-0.3, -0.25) is 0 Å². The molecular weight excluding hydrogens is 302 g/mol. The van der Waals surface area contributed by atoms with Gasteiger partial charge in [-0.1, -0.05) is 24.3 Å². The Morgan fingerprint density at radius 2 is 1.78 bits per heavy atom. The SMILES string of the molecule is CSc1nc2ccccc2c(Nc2cc(C)cc(C)c2)c1C#N. The molecule has 3 nitrogen and oxygen atoms in total. The minimum atomic E-state index is 0.593. The number of anilines is 2. The first-order chi connectivity index (χ1) is 11.1. The fourth-order valence-corrected chi connectivity index (χ4v) is 3.30. The molecule has 0 aliphatic rings. The van der Waals surface area contributed by atoms with E-state index in [2.05, 4.69) is 48.4 Å². The first-order valence-electron chi connectivity index (χ1n) is 7.34. The van der Waals surface area contributed by atoms with Crippen LogP contribution in [0.3, 0.4) is 0 Å². The number of para-hydroxylation sites is 1. The highest BCUT2D eigenvalue weighted by Crippen LogP contribution is 2.34. The highest BCUT2D eigenvalue weighted by atomic mass is 32.2. The Labute approximate surface area is 140 Å². The van der Waals surface area contributed by atoms with Crippen molar-refractivity contribution in [1.82, 2.24) is 4.98 Å². The Balaban J connectivity index is 2.24. The first-order valence-corrected chi connectivity index (χ1v) is 8.57. The second-order valence-corrected chi connectivity index (χ2v) is 6.30. The number of hydrogen-bond acceptors (Lipinski definition) is 4. The lowest BCUT2D eigenvalue weighted by molar-refractivity contribution is 1.16. The Morgan fingerprint density at radius 3 is 2.43 bits per heavy atom. The summed E-state index contributed by atoms with van der Waals surface area (Å²) in [7, 11) is 0. The summed E-state index contributed by atoms with van der Waals surface area (Å²) in [4.78, 5) is 4.60. The molecule has 0 fully saturated rings. The van der Waals surface area contributed by atoms with Gasteiger partial charge >= 0.3 is 0 Å². The number of hydrogen-bond donors (Lipinski definition) is 1.